The van der Waals surface area contributed by atoms with E-state index in [1.807, 2.05) is 36.2 Å². The summed E-state index contributed by atoms with van der Waals surface area (Å²) in [6.45, 7) is 4.77. The summed E-state index contributed by atoms with van der Waals surface area (Å²) < 4.78 is 0. The van der Waals surface area contributed by atoms with Crippen molar-refractivity contribution in [2.24, 2.45) is 5.73 Å². The number of carbonyl (C=O) groups excluding carboxylic acids is 1. The van der Waals surface area contributed by atoms with Gasteiger partial charge in [-0.1, -0.05) is 42.5 Å². The molecule has 0 radical (unpaired) electrons. The van der Waals surface area contributed by atoms with Gasteiger partial charge in [0.1, 0.15) is 0 Å². The molecule has 1 aliphatic heterocycles. The van der Waals surface area contributed by atoms with Crippen molar-refractivity contribution < 1.29 is 4.79 Å². The third kappa shape index (κ3) is 5.32. The first-order valence-corrected chi connectivity index (χ1v) is 9.42. The Kier molecular flexibility index (Phi) is 7.84. The molecule has 1 aliphatic rings. The van der Waals surface area contributed by atoms with Crippen molar-refractivity contribution in [1.82, 2.24) is 9.80 Å². The Hall–Kier alpha value is -1.88. The van der Waals surface area contributed by atoms with Crippen molar-refractivity contribution >= 4 is 18.3 Å². The van der Waals surface area contributed by atoms with Crippen LogP contribution in [0.3, 0.4) is 0 Å². The molecular formula is C22H30ClN3O. The van der Waals surface area contributed by atoms with Crippen molar-refractivity contribution in [1.29, 1.82) is 0 Å². The van der Waals surface area contributed by atoms with Crippen LogP contribution in [-0.4, -0.2) is 41.4 Å². The van der Waals surface area contributed by atoms with Gasteiger partial charge in [-0.2, -0.15) is 0 Å². The molecule has 1 saturated heterocycles. The van der Waals surface area contributed by atoms with E-state index < -0.39 is 0 Å². The van der Waals surface area contributed by atoms with Gasteiger partial charge in [0.15, 0.2) is 0 Å². The molecule has 2 unspecified atom stereocenters. The van der Waals surface area contributed by atoms with Gasteiger partial charge in [0.2, 0.25) is 0 Å². The van der Waals surface area contributed by atoms with E-state index in [0.717, 1.165) is 37.1 Å². The molecule has 2 aromatic rings. The van der Waals surface area contributed by atoms with Crippen LogP contribution in [0.2, 0.25) is 0 Å². The maximum atomic E-state index is 12.8. The molecule has 1 fully saturated rings. The smallest absolute Gasteiger partial charge is 0.253 e. The number of rotatable bonds is 5. The molecule has 0 bridgehead atoms. The van der Waals surface area contributed by atoms with Gasteiger partial charge >= 0.3 is 0 Å². The normalized spacial score (nSPS) is 20.0. The highest BCUT2D eigenvalue weighted by Gasteiger charge is 2.30. The first-order valence-electron chi connectivity index (χ1n) is 9.42. The average molecular weight is 388 g/mol. The molecule has 146 valence electrons. The molecule has 0 saturated carbocycles. The molecule has 2 atom stereocenters. The molecule has 3 rings (SSSR count). The van der Waals surface area contributed by atoms with Gasteiger partial charge in [-0.15, -0.1) is 12.4 Å². The molecule has 0 aliphatic carbocycles. The molecule has 1 amide bonds. The van der Waals surface area contributed by atoms with Crippen LogP contribution in [0.1, 0.15) is 41.3 Å². The monoisotopic (exact) mass is 387 g/mol. The van der Waals surface area contributed by atoms with Crippen molar-refractivity contribution in [3.8, 4) is 0 Å². The van der Waals surface area contributed by atoms with Gasteiger partial charge in [-0.25, -0.2) is 0 Å². The third-order valence-electron chi connectivity index (χ3n) is 5.52. The zero-order valence-electron chi connectivity index (χ0n) is 16.2. The predicted molar refractivity (Wildman–Crippen MR) is 113 cm³/mol. The highest BCUT2D eigenvalue weighted by atomic mass is 35.5. The lowest BCUT2D eigenvalue weighted by molar-refractivity contribution is 0.0538. The van der Waals surface area contributed by atoms with Gasteiger partial charge in [0.25, 0.3) is 5.91 Å². The summed E-state index contributed by atoms with van der Waals surface area (Å²) in [5.74, 6) is 0.0993. The SMILES string of the molecule is CC1CC(N(C)C(=O)c2ccc(CN)cc2)CCN1Cc1ccccc1.Cl. The van der Waals surface area contributed by atoms with E-state index in [1.54, 1.807) is 0 Å². The maximum absolute atomic E-state index is 12.8. The molecule has 0 spiro atoms. The predicted octanol–water partition coefficient (Wildman–Crippen LogP) is 3.69. The molecule has 1 heterocycles. The van der Waals surface area contributed by atoms with Gasteiger partial charge in [0.05, 0.1) is 0 Å². The van der Waals surface area contributed by atoms with E-state index >= 15 is 0 Å². The molecule has 0 aromatic heterocycles. The number of nitrogens with zero attached hydrogens (tertiary/aromatic N) is 2. The number of halogens is 1. The number of hydrogen-bond donors (Lipinski definition) is 1. The number of carbonyl (C=O) groups is 1. The quantitative estimate of drug-likeness (QED) is 0.851. The second kappa shape index (κ2) is 9.88. The summed E-state index contributed by atoms with van der Waals surface area (Å²) in [6.07, 6.45) is 2.02. The minimum atomic E-state index is 0. The summed E-state index contributed by atoms with van der Waals surface area (Å²) in [5, 5.41) is 0. The second-order valence-corrected chi connectivity index (χ2v) is 7.30. The van der Waals surface area contributed by atoms with Gasteiger partial charge in [0, 0.05) is 44.3 Å². The highest BCUT2D eigenvalue weighted by Crippen LogP contribution is 2.24. The average Bonchev–Trinajstić information content (AvgIpc) is 2.69. The van der Waals surface area contributed by atoms with Crippen molar-refractivity contribution in [3.05, 3.63) is 71.3 Å². The standard InChI is InChI=1S/C22H29N3O.ClH/c1-17-14-21(12-13-25(17)16-19-6-4-3-5-7-19)24(2)22(26)20-10-8-18(15-23)9-11-20;/h3-11,17,21H,12-16,23H2,1-2H3;1H. The van der Waals surface area contributed by atoms with Crippen LogP contribution in [0.15, 0.2) is 54.6 Å². The molecule has 4 nitrogen and oxygen atoms in total. The lowest BCUT2D eigenvalue weighted by atomic mass is 9.96. The Morgan fingerprint density at radius 3 is 2.37 bits per heavy atom. The van der Waals surface area contributed by atoms with E-state index in [-0.39, 0.29) is 18.3 Å². The molecule has 2 aromatic carbocycles. The van der Waals surface area contributed by atoms with Crippen LogP contribution in [0.25, 0.3) is 0 Å². The Bertz CT molecular complexity index is 720. The van der Waals surface area contributed by atoms with Crippen LogP contribution in [0, 0.1) is 0 Å². The van der Waals surface area contributed by atoms with Crippen LogP contribution in [0.4, 0.5) is 0 Å². The Morgan fingerprint density at radius 2 is 1.78 bits per heavy atom. The summed E-state index contributed by atoms with van der Waals surface area (Å²) in [7, 11) is 1.93. The largest absolute Gasteiger partial charge is 0.339 e. The Balaban J connectivity index is 0.00000261. The summed E-state index contributed by atoms with van der Waals surface area (Å²) >= 11 is 0. The zero-order valence-corrected chi connectivity index (χ0v) is 17.0. The number of piperidine rings is 1. The lowest BCUT2D eigenvalue weighted by Gasteiger charge is -2.41. The number of likely N-dealkylation sites (tertiary alicyclic amines) is 1. The van der Waals surface area contributed by atoms with Crippen LogP contribution in [-0.2, 0) is 13.1 Å². The topological polar surface area (TPSA) is 49.6 Å². The fourth-order valence-corrected chi connectivity index (χ4v) is 3.75. The van der Waals surface area contributed by atoms with Crippen LogP contribution >= 0.6 is 12.4 Å². The highest BCUT2D eigenvalue weighted by molar-refractivity contribution is 5.94. The fourth-order valence-electron chi connectivity index (χ4n) is 3.75. The second-order valence-electron chi connectivity index (χ2n) is 7.30. The third-order valence-corrected chi connectivity index (χ3v) is 5.52. The van der Waals surface area contributed by atoms with Crippen molar-refractivity contribution in [2.45, 2.75) is 44.9 Å². The number of hydrogen-bond acceptors (Lipinski definition) is 3. The summed E-state index contributed by atoms with van der Waals surface area (Å²) in [6, 6.07) is 19.0. The van der Waals surface area contributed by atoms with E-state index in [9.17, 15) is 4.79 Å². The Morgan fingerprint density at radius 1 is 1.11 bits per heavy atom. The first kappa shape index (κ1) is 21.4. The summed E-state index contributed by atoms with van der Waals surface area (Å²) in [4.78, 5) is 17.2. The minimum absolute atomic E-state index is 0. The molecule has 2 N–H and O–H groups in total. The van der Waals surface area contributed by atoms with E-state index in [1.165, 1.54) is 5.56 Å². The van der Waals surface area contributed by atoms with Crippen molar-refractivity contribution in [3.63, 3.8) is 0 Å². The van der Waals surface area contributed by atoms with E-state index in [0.29, 0.717) is 18.6 Å². The van der Waals surface area contributed by atoms with Gasteiger partial charge in [-0.3, -0.25) is 9.69 Å². The molecule has 5 heteroatoms. The van der Waals surface area contributed by atoms with Crippen LogP contribution < -0.4 is 5.73 Å². The van der Waals surface area contributed by atoms with Crippen molar-refractivity contribution in [2.75, 3.05) is 13.6 Å². The lowest BCUT2D eigenvalue weighted by Crippen LogP contribution is -2.49. The first-order chi connectivity index (χ1) is 12.6. The number of nitrogens with two attached hydrogens (primary N) is 1. The maximum Gasteiger partial charge on any atom is 0.253 e. The van der Waals surface area contributed by atoms with E-state index in [2.05, 4.69) is 42.2 Å². The molecular weight excluding hydrogens is 358 g/mol. The van der Waals surface area contributed by atoms with Gasteiger partial charge in [-0.05, 0) is 43.0 Å². The minimum Gasteiger partial charge on any atom is -0.339 e. The molecule has 27 heavy (non-hydrogen) atoms. The Labute approximate surface area is 168 Å². The summed E-state index contributed by atoms with van der Waals surface area (Å²) in [5.41, 5.74) is 8.77. The fraction of sp³-hybridized carbons (Fsp3) is 0.409. The van der Waals surface area contributed by atoms with E-state index in [4.69, 9.17) is 5.73 Å². The van der Waals surface area contributed by atoms with Crippen LogP contribution in [0.5, 0.6) is 0 Å². The number of amides is 1. The number of benzene rings is 2. The van der Waals surface area contributed by atoms with Gasteiger partial charge < -0.3 is 10.6 Å². The zero-order chi connectivity index (χ0) is 18.5.